The summed E-state index contributed by atoms with van der Waals surface area (Å²) in [6.07, 6.45) is 2.48. The summed E-state index contributed by atoms with van der Waals surface area (Å²) in [7, 11) is 0. The van der Waals surface area contributed by atoms with E-state index in [0.29, 0.717) is 24.5 Å². The van der Waals surface area contributed by atoms with Gasteiger partial charge in [0, 0.05) is 36.5 Å². The number of carbonyl (C=O) groups excluding carboxylic acids is 3. The van der Waals surface area contributed by atoms with Gasteiger partial charge in [0.15, 0.2) is 0 Å². The van der Waals surface area contributed by atoms with Crippen LogP contribution in [0, 0.1) is 5.92 Å². The maximum atomic E-state index is 12.6. The zero-order valence-corrected chi connectivity index (χ0v) is 17.7. The Bertz CT molecular complexity index is 705. The van der Waals surface area contributed by atoms with Crippen molar-refractivity contribution in [3.63, 3.8) is 0 Å². The molecule has 1 fully saturated rings. The van der Waals surface area contributed by atoms with Crippen LogP contribution in [0.2, 0.25) is 0 Å². The molecule has 2 atom stereocenters. The molecule has 0 aromatic heterocycles. The minimum absolute atomic E-state index is 0.0203. The molecule has 1 aliphatic rings. The molecule has 2 rings (SSSR count). The van der Waals surface area contributed by atoms with E-state index in [9.17, 15) is 14.4 Å². The molecule has 1 aliphatic heterocycles. The largest absolute Gasteiger partial charge is 0.353 e. The summed E-state index contributed by atoms with van der Waals surface area (Å²) in [5.74, 6) is -0.151. The monoisotopic (exact) mass is 403 g/mol. The number of likely N-dealkylation sites (tertiary alicyclic amines) is 1. The van der Waals surface area contributed by atoms with E-state index in [1.807, 2.05) is 27.7 Å². The van der Waals surface area contributed by atoms with E-state index in [1.165, 1.54) is 0 Å². The van der Waals surface area contributed by atoms with Gasteiger partial charge in [-0.15, -0.1) is 0 Å². The number of carbonyl (C=O) groups is 3. The van der Waals surface area contributed by atoms with E-state index in [-0.39, 0.29) is 36.0 Å². The maximum Gasteiger partial charge on any atom is 0.321 e. The number of hydrogen-bond donors (Lipinski definition) is 4. The molecular weight excluding hydrogens is 370 g/mol. The van der Waals surface area contributed by atoms with Gasteiger partial charge in [-0.2, -0.15) is 0 Å². The van der Waals surface area contributed by atoms with E-state index in [2.05, 4.69) is 21.3 Å². The zero-order valence-electron chi connectivity index (χ0n) is 17.7. The molecule has 29 heavy (non-hydrogen) atoms. The number of benzene rings is 1. The summed E-state index contributed by atoms with van der Waals surface area (Å²) in [6.45, 7) is 8.84. The summed E-state index contributed by atoms with van der Waals surface area (Å²) in [4.78, 5) is 38.4. The molecule has 4 N–H and O–H groups in total. The maximum absolute atomic E-state index is 12.6. The van der Waals surface area contributed by atoms with Gasteiger partial charge in [-0.05, 0) is 64.3 Å². The highest BCUT2D eigenvalue weighted by Gasteiger charge is 2.28. The zero-order chi connectivity index (χ0) is 21.4. The molecule has 8 nitrogen and oxygen atoms in total. The standard InChI is InChI=1S/C21H33N5O3/c1-5-15(4)23-19(27)16-7-6-12-26(13-16)21(29)25-18-10-8-17(9-11-18)24-20(28)22-14(2)3/h8-11,14-16H,5-7,12-13H2,1-4H3,(H,23,27)(H,25,29)(H2,22,24,28). The molecule has 1 saturated heterocycles. The fourth-order valence-electron chi connectivity index (χ4n) is 3.11. The van der Waals surface area contributed by atoms with E-state index in [0.717, 1.165) is 19.3 Å². The Morgan fingerprint density at radius 3 is 2.24 bits per heavy atom. The third kappa shape index (κ3) is 7.29. The Hall–Kier alpha value is -2.77. The van der Waals surface area contributed by atoms with Crippen molar-refractivity contribution < 1.29 is 14.4 Å². The first-order valence-corrected chi connectivity index (χ1v) is 10.3. The molecule has 1 aromatic rings. The van der Waals surface area contributed by atoms with E-state index in [1.54, 1.807) is 29.2 Å². The van der Waals surface area contributed by atoms with Gasteiger partial charge in [-0.1, -0.05) is 6.92 Å². The summed E-state index contributed by atoms with van der Waals surface area (Å²) in [5, 5.41) is 11.4. The minimum atomic E-state index is -0.271. The van der Waals surface area contributed by atoms with Gasteiger partial charge in [-0.3, -0.25) is 4.79 Å². The van der Waals surface area contributed by atoms with Crippen molar-refractivity contribution in [1.82, 2.24) is 15.5 Å². The quantitative estimate of drug-likeness (QED) is 0.585. The second-order valence-electron chi connectivity index (χ2n) is 7.86. The lowest BCUT2D eigenvalue weighted by Gasteiger charge is -2.32. The van der Waals surface area contributed by atoms with Crippen LogP contribution in [0.4, 0.5) is 21.0 Å². The third-order valence-electron chi connectivity index (χ3n) is 4.89. The van der Waals surface area contributed by atoms with Gasteiger partial charge < -0.3 is 26.2 Å². The molecule has 0 saturated carbocycles. The number of hydrogen-bond acceptors (Lipinski definition) is 3. The molecule has 0 bridgehead atoms. The number of nitrogens with zero attached hydrogens (tertiary/aromatic N) is 1. The van der Waals surface area contributed by atoms with E-state index < -0.39 is 0 Å². The second-order valence-corrected chi connectivity index (χ2v) is 7.86. The molecule has 160 valence electrons. The molecule has 1 aromatic carbocycles. The molecule has 0 spiro atoms. The van der Waals surface area contributed by atoms with Crippen LogP contribution in [-0.4, -0.2) is 48.0 Å². The number of amides is 5. The Morgan fingerprint density at radius 1 is 1.03 bits per heavy atom. The van der Waals surface area contributed by atoms with Crippen LogP contribution in [0.5, 0.6) is 0 Å². The van der Waals surface area contributed by atoms with Crippen molar-refractivity contribution in [2.75, 3.05) is 23.7 Å². The first-order valence-electron chi connectivity index (χ1n) is 10.3. The second kappa shape index (κ2) is 10.7. The highest BCUT2D eigenvalue weighted by atomic mass is 16.2. The SMILES string of the molecule is CCC(C)NC(=O)C1CCCN(C(=O)Nc2ccc(NC(=O)NC(C)C)cc2)C1. The van der Waals surface area contributed by atoms with Crippen molar-refractivity contribution in [3.05, 3.63) is 24.3 Å². The third-order valence-corrected chi connectivity index (χ3v) is 4.89. The van der Waals surface area contributed by atoms with Crippen LogP contribution in [-0.2, 0) is 4.79 Å². The first kappa shape index (κ1) is 22.5. The molecule has 8 heteroatoms. The number of piperidine rings is 1. The lowest BCUT2D eigenvalue weighted by atomic mass is 9.97. The molecular formula is C21H33N5O3. The van der Waals surface area contributed by atoms with Crippen LogP contribution in [0.1, 0.15) is 47.0 Å². The van der Waals surface area contributed by atoms with E-state index in [4.69, 9.17) is 0 Å². The van der Waals surface area contributed by atoms with Crippen LogP contribution in [0.25, 0.3) is 0 Å². The minimum Gasteiger partial charge on any atom is -0.353 e. The van der Waals surface area contributed by atoms with Gasteiger partial charge in [0.2, 0.25) is 5.91 Å². The van der Waals surface area contributed by atoms with Crippen molar-refractivity contribution >= 4 is 29.3 Å². The Labute approximate surface area is 172 Å². The van der Waals surface area contributed by atoms with Crippen molar-refractivity contribution in [3.8, 4) is 0 Å². The number of nitrogens with one attached hydrogen (secondary N) is 4. The summed E-state index contributed by atoms with van der Waals surface area (Å²) in [5.41, 5.74) is 1.27. The fraction of sp³-hybridized carbons (Fsp3) is 0.571. The van der Waals surface area contributed by atoms with Crippen LogP contribution < -0.4 is 21.3 Å². The van der Waals surface area contributed by atoms with Crippen LogP contribution in [0.15, 0.2) is 24.3 Å². The molecule has 5 amide bonds. The summed E-state index contributed by atoms with van der Waals surface area (Å²) in [6, 6.07) is 6.63. The predicted octanol–water partition coefficient (Wildman–Crippen LogP) is 3.38. The lowest BCUT2D eigenvalue weighted by molar-refractivity contribution is -0.126. The highest BCUT2D eigenvalue weighted by molar-refractivity contribution is 5.92. The predicted molar refractivity (Wildman–Crippen MR) is 115 cm³/mol. The van der Waals surface area contributed by atoms with Gasteiger partial charge >= 0.3 is 12.1 Å². The topological polar surface area (TPSA) is 103 Å². The average Bonchev–Trinajstić information content (AvgIpc) is 2.68. The average molecular weight is 404 g/mol. The number of anilines is 2. The fourth-order valence-corrected chi connectivity index (χ4v) is 3.11. The van der Waals surface area contributed by atoms with Crippen molar-refractivity contribution in [2.45, 2.75) is 59.0 Å². The van der Waals surface area contributed by atoms with Crippen LogP contribution >= 0.6 is 0 Å². The highest BCUT2D eigenvalue weighted by Crippen LogP contribution is 2.19. The number of urea groups is 2. The molecule has 0 aliphatic carbocycles. The molecule has 1 heterocycles. The lowest BCUT2D eigenvalue weighted by Crippen LogP contribution is -2.48. The number of rotatable bonds is 6. The Balaban J connectivity index is 1.87. The molecule has 2 unspecified atom stereocenters. The normalized spacial score (nSPS) is 17.4. The van der Waals surface area contributed by atoms with Crippen molar-refractivity contribution in [2.24, 2.45) is 5.92 Å². The first-order chi connectivity index (χ1) is 13.8. The molecule has 0 radical (unpaired) electrons. The van der Waals surface area contributed by atoms with Crippen molar-refractivity contribution in [1.29, 1.82) is 0 Å². The van der Waals surface area contributed by atoms with Gasteiger partial charge in [0.25, 0.3) is 0 Å². The Kier molecular flexibility index (Phi) is 8.30. The van der Waals surface area contributed by atoms with Gasteiger partial charge in [-0.25, -0.2) is 9.59 Å². The Morgan fingerprint density at radius 2 is 1.66 bits per heavy atom. The summed E-state index contributed by atoms with van der Waals surface area (Å²) >= 11 is 0. The smallest absolute Gasteiger partial charge is 0.321 e. The van der Waals surface area contributed by atoms with E-state index >= 15 is 0 Å². The van der Waals surface area contributed by atoms with Gasteiger partial charge in [0.1, 0.15) is 0 Å². The summed E-state index contributed by atoms with van der Waals surface area (Å²) < 4.78 is 0. The van der Waals surface area contributed by atoms with Gasteiger partial charge in [0.05, 0.1) is 5.92 Å². The van der Waals surface area contributed by atoms with Crippen LogP contribution in [0.3, 0.4) is 0 Å².